The van der Waals surface area contributed by atoms with Gasteiger partial charge in [-0.05, 0) is 36.4 Å². The Labute approximate surface area is 268 Å². The number of aromatic nitrogens is 4. The minimum Gasteiger partial charge on any atom is -0.495 e. The summed E-state index contributed by atoms with van der Waals surface area (Å²) >= 11 is 0. The molecule has 248 valence electrons. The van der Waals surface area contributed by atoms with Crippen molar-refractivity contribution in [3.05, 3.63) is 71.6 Å². The SMILES string of the molecule is CNc1nc(Nc2ccc(C(=O)N3CCOCC3)cc2OC)ncc1F.CNc1nc(Nc2ccc(C(=O)O)cc2OC)ncc1F. The molecule has 0 atom stereocenters. The van der Waals surface area contributed by atoms with Crippen molar-refractivity contribution in [2.75, 3.05) is 75.9 Å². The van der Waals surface area contributed by atoms with Crippen molar-refractivity contribution in [2.45, 2.75) is 0 Å². The van der Waals surface area contributed by atoms with Crippen LogP contribution in [0.3, 0.4) is 0 Å². The van der Waals surface area contributed by atoms with Gasteiger partial charge >= 0.3 is 5.97 Å². The van der Waals surface area contributed by atoms with Gasteiger partial charge in [0, 0.05) is 32.7 Å². The highest BCUT2D eigenvalue weighted by Crippen LogP contribution is 2.30. The molecule has 2 aromatic carbocycles. The van der Waals surface area contributed by atoms with Gasteiger partial charge in [-0.1, -0.05) is 0 Å². The van der Waals surface area contributed by atoms with Gasteiger partial charge in [-0.15, -0.1) is 0 Å². The molecular formula is C30H33F2N9O6. The molecule has 1 saturated heterocycles. The fourth-order valence-corrected chi connectivity index (χ4v) is 4.25. The lowest BCUT2D eigenvalue weighted by Gasteiger charge is -2.27. The molecule has 0 bridgehead atoms. The molecule has 3 heterocycles. The number of hydrogen-bond acceptors (Lipinski definition) is 13. The average Bonchev–Trinajstić information content (AvgIpc) is 3.10. The van der Waals surface area contributed by atoms with E-state index in [0.717, 1.165) is 12.4 Å². The van der Waals surface area contributed by atoms with E-state index in [0.29, 0.717) is 54.7 Å². The average molecular weight is 654 g/mol. The molecule has 5 N–H and O–H groups in total. The molecule has 1 aliphatic heterocycles. The zero-order valence-corrected chi connectivity index (χ0v) is 25.9. The normalized spacial score (nSPS) is 12.3. The van der Waals surface area contributed by atoms with E-state index in [9.17, 15) is 18.4 Å². The van der Waals surface area contributed by atoms with Gasteiger partial charge in [-0.25, -0.2) is 23.5 Å². The predicted molar refractivity (Wildman–Crippen MR) is 169 cm³/mol. The fourth-order valence-electron chi connectivity index (χ4n) is 4.25. The topological polar surface area (TPSA) is 185 Å². The van der Waals surface area contributed by atoms with Crippen LogP contribution in [-0.4, -0.2) is 96.4 Å². The summed E-state index contributed by atoms with van der Waals surface area (Å²) in [6.07, 6.45) is 2.10. The van der Waals surface area contributed by atoms with Crippen molar-refractivity contribution in [3.63, 3.8) is 0 Å². The largest absolute Gasteiger partial charge is 0.495 e. The second-order valence-corrected chi connectivity index (χ2v) is 9.57. The highest BCUT2D eigenvalue weighted by molar-refractivity contribution is 5.95. The molecule has 0 radical (unpaired) electrons. The molecule has 17 heteroatoms. The van der Waals surface area contributed by atoms with Gasteiger partial charge < -0.3 is 45.5 Å². The number of carbonyl (C=O) groups is 2. The highest BCUT2D eigenvalue weighted by Gasteiger charge is 2.20. The number of rotatable bonds is 10. The molecule has 15 nitrogen and oxygen atoms in total. The number of aromatic carboxylic acids is 1. The number of ether oxygens (including phenoxy) is 3. The first-order valence-electron chi connectivity index (χ1n) is 14.1. The molecule has 5 rings (SSSR count). The van der Waals surface area contributed by atoms with Crippen molar-refractivity contribution in [1.82, 2.24) is 24.8 Å². The predicted octanol–water partition coefficient (Wildman–Crippen LogP) is 3.99. The van der Waals surface area contributed by atoms with Crippen LogP contribution in [0.2, 0.25) is 0 Å². The number of methoxy groups -OCH3 is 2. The second-order valence-electron chi connectivity index (χ2n) is 9.57. The Kier molecular flexibility index (Phi) is 11.5. The molecule has 1 aliphatic rings. The van der Waals surface area contributed by atoms with E-state index in [1.54, 1.807) is 30.1 Å². The molecule has 0 unspecified atom stereocenters. The van der Waals surface area contributed by atoms with E-state index >= 15 is 0 Å². The number of amides is 1. The Morgan fingerprint density at radius 3 is 1.72 bits per heavy atom. The number of carboxylic acid groups (broad SMARTS) is 1. The zero-order chi connectivity index (χ0) is 33.9. The molecule has 0 aliphatic carbocycles. The standard InChI is InChI=1S/C17H20FN5O3.C13H13FN4O3/c1-19-15-12(18)10-20-17(22-15)21-13-4-3-11(9-14(13)25-2)16(24)23-5-7-26-8-6-23;1-15-11-8(14)6-16-13(18-11)17-9-4-3-7(12(19)20)5-10(9)21-2/h3-4,9-10H,5-8H2,1-2H3,(H2,19,20,21,22);3-6H,1-2H3,(H,19,20)(H2,15,16,17,18). The van der Waals surface area contributed by atoms with E-state index in [1.165, 1.54) is 39.5 Å². The third-order valence-corrected chi connectivity index (χ3v) is 6.65. The zero-order valence-electron chi connectivity index (χ0n) is 25.9. The van der Waals surface area contributed by atoms with Gasteiger partial charge in [0.05, 0.1) is 56.8 Å². The second kappa shape index (κ2) is 15.9. The molecule has 1 fully saturated rings. The van der Waals surface area contributed by atoms with Gasteiger partial charge in [-0.3, -0.25) is 4.79 Å². The third kappa shape index (κ3) is 8.66. The number of carbonyl (C=O) groups excluding carboxylic acids is 1. The van der Waals surface area contributed by atoms with Gasteiger partial charge in [0.25, 0.3) is 5.91 Å². The first-order chi connectivity index (χ1) is 22.7. The minimum atomic E-state index is -1.06. The van der Waals surface area contributed by atoms with Crippen molar-refractivity contribution < 1.29 is 37.7 Å². The summed E-state index contributed by atoms with van der Waals surface area (Å²) < 4.78 is 42.5. The Morgan fingerprint density at radius 1 is 0.809 bits per heavy atom. The summed E-state index contributed by atoms with van der Waals surface area (Å²) in [5, 5.41) is 20.0. The van der Waals surface area contributed by atoms with Crippen molar-refractivity contribution >= 4 is 46.8 Å². The Balaban J connectivity index is 0.000000218. The summed E-state index contributed by atoms with van der Waals surface area (Å²) in [6.45, 7) is 2.21. The highest BCUT2D eigenvalue weighted by atomic mass is 19.1. The summed E-state index contributed by atoms with van der Waals surface area (Å²) in [7, 11) is 6.03. The van der Waals surface area contributed by atoms with E-state index in [1.807, 2.05) is 0 Å². The smallest absolute Gasteiger partial charge is 0.335 e. The van der Waals surface area contributed by atoms with E-state index in [4.69, 9.17) is 19.3 Å². The molecule has 2 aromatic heterocycles. The maximum Gasteiger partial charge on any atom is 0.335 e. The van der Waals surface area contributed by atoms with E-state index in [-0.39, 0.29) is 35.0 Å². The van der Waals surface area contributed by atoms with Crippen molar-refractivity contribution in [1.29, 1.82) is 0 Å². The van der Waals surface area contributed by atoms with Crippen LogP contribution in [0.15, 0.2) is 48.8 Å². The molecular weight excluding hydrogens is 620 g/mol. The van der Waals surface area contributed by atoms with Gasteiger partial charge in [0.15, 0.2) is 23.3 Å². The first kappa shape index (κ1) is 34.0. The molecule has 4 aromatic rings. The minimum absolute atomic E-state index is 0.0497. The molecule has 0 saturated carbocycles. The van der Waals surface area contributed by atoms with Crippen LogP contribution in [0, 0.1) is 11.6 Å². The number of carboxylic acids is 1. The van der Waals surface area contributed by atoms with Crippen LogP contribution in [0.4, 0.5) is 43.7 Å². The van der Waals surface area contributed by atoms with E-state index in [2.05, 4.69) is 41.2 Å². The first-order valence-corrected chi connectivity index (χ1v) is 14.1. The summed E-state index contributed by atoms with van der Waals surface area (Å²) in [6, 6.07) is 9.36. The van der Waals surface area contributed by atoms with Gasteiger partial charge in [0.2, 0.25) is 11.9 Å². The van der Waals surface area contributed by atoms with Crippen LogP contribution in [0.5, 0.6) is 11.5 Å². The number of benzene rings is 2. The fraction of sp³-hybridized carbons (Fsp3) is 0.267. The molecule has 47 heavy (non-hydrogen) atoms. The van der Waals surface area contributed by atoms with E-state index < -0.39 is 17.6 Å². The van der Waals surface area contributed by atoms with Crippen LogP contribution in [-0.2, 0) is 4.74 Å². The van der Waals surface area contributed by atoms with Gasteiger partial charge in [0.1, 0.15) is 11.5 Å². The van der Waals surface area contributed by atoms with Gasteiger partial charge in [-0.2, -0.15) is 9.97 Å². The van der Waals surface area contributed by atoms with Crippen LogP contribution < -0.4 is 30.7 Å². The van der Waals surface area contributed by atoms with Crippen molar-refractivity contribution in [2.24, 2.45) is 0 Å². The number of nitrogens with one attached hydrogen (secondary N) is 4. The maximum absolute atomic E-state index is 13.5. The quantitative estimate of drug-likeness (QED) is 0.165. The van der Waals surface area contributed by atoms with Crippen molar-refractivity contribution in [3.8, 4) is 11.5 Å². The molecule has 0 spiro atoms. The Morgan fingerprint density at radius 2 is 1.28 bits per heavy atom. The number of morpholine rings is 1. The lowest BCUT2D eigenvalue weighted by molar-refractivity contribution is 0.0302. The number of hydrogen-bond donors (Lipinski definition) is 5. The van der Waals surface area contributed by atoms with Crippen LogP contribution >= 0.6 is 0 Å². The Bertz CT molecular complexity index is 1720. The maximum atomic E-state index is 13.5. The number of nitrogens with zero attached hydrogens (tertiary/aromatic N) is 5. The lowest BCUT2D eigenvalue weighted by atomic mass is 10.1. The summed E-state index contributed by atoms with van der Waals surface area (Å²) in [5.74, 6) is -0.980. The molecule has 1 amide bonds. The van der Waals surface area contributed by atoms with Crippen LogP contribution in [0.25, 0.3) is 0 Å². The summed E-state index contributed by atoms with van der Waals surface area (Å²) in [5.41, 5.74) is 1.65. The monoisotopic (exact) mass is 653 g/mol. The summed E-state index contributed by atoms with van der Waals surface area (Å²) in [4.78, 5) is 40.9. The number of halogens is 2. The Hall–Kier alpha value is -5.84. The van der Waals surface area contributed by atoms with Crippen LogP contribution in [0.1, 0.15) is 20.7 Å². The lowest BCUT2D eigenvalue weighted by Crippen LogP contribution is -2.40. The third-order valence-electron chi connectivity index (χ3n) is 6.65. The number of anilines is 6.